The maximum absolute atomic E-state index is 13.0. The Morgan fingerprint density at radius 1 is 1.08 bits per heavy atom. The predicted molar refractivity (Wildman–Crippen MR) is 140 cm³/mol. The van der Waals surface area contributed by atoms with E-state index in [0.717, 1.165) is 43.3 Å². The zero-order valence-corrected chi connectivity index (χ0v) is 23.0. The highest BCUT2D eigenvalue weighted by Crippen LogP contribution is 2.21. The number of carbonyl (C=O) groups excluding carboxylic acids is 2. The molecule has 1 aliphatic rings. The molecular formula is C27H39N5O5. The number of carbonyl (C=O) groups is 2. The molecule has 10 nitrogen and oxygen atoms in total. The van der Waals surface area contributed by atoms with Crippen LogP contribution in [0.3, 0.4) is 0 Å². The number of aromatic nitrogens is 2. The second-order valence-electron chi connectivity index (χ2n) is 10.4. The molecule has 1 fully saturated rings. The summed E-state index contributed by atoms with van der Waals surface area (Å²) < 4.78 is 10.8. The summed E-state index contributed by atoms with van der Waals surface area (Å²) in [5.41, 5.74) is 1.79. The zero-order valence-electron chi connectivity index (χ0n) is 23.0. The van der Waals surface area contributed by atoms with Crippen LogP contribution in [0.25, 0.3) is 0 Å². The van der Waals surface area contributed by atoms with Gasteiger partial charge in [-0.05, 0) is 71.2 Å². The summed E-state index contributed by atoms with van der Waals surface area (Å²) in [6.45, 7) is 11.1. The molecule has 0 bridgehead atoms. The van der Waals surface area contributed by atoms with Crippen molar-refractivity contribution in [2.24, 2.45) is 0 Å². The summed E-state index contributed by atoms with van der Waals surface area (Å²) >= 11 is 0. The summed E-state index contributed by atoms with van der Waals surface area (Å²) in [7, 11) is 3.45. The van der Waals surface area contributed by atoms with E-state index in [1.54, 1.807) is 59.7 Å². The molecule has 0 atom stereocenters. The second kappa shape index (κ2) is 12.3. The molecule has 1 aromatic heterocycles. The Labute approximate surface area is 219 Å². The van der Waals surface area contributed by atoms with Crippen molar-refractivity contribution < 1.29 is 23.9 Å². The summed E-state index contributed by atoms with van der Waals surface area (Å²) in [6, 6.07) is 9.96. The Balaban J connectivity index is 1.58. The lowest BCUT2D eigenvalue weighted by Gasteiger charge is -2.37. The van der Waals surface area contributed by atoms with Crippen molar-refractivity contribution in [3.05, 3.63) is 47.3 Å². The predicted octanol–water partition coefficient (Wildman–Crippen LogP) is 3.90. The lowest BCUT2D eigenvalue weighted by molar-refractivity contribution is -0.138. The Bertz CT molecular complexity index is 1060. The molecule has 0 saturated carbocycles. The van der Waals surface area contributed by atoms with E-state index < -0.39 is 11.7 Å². The van der Waals surface area contributed by atoms with Crippen LogP contribution >= 0.6 is 0 Å². The van der Waals surface area contributed by atoms with Crippen molar-refractivity contribution in [2.75, 3.05) is 38.9 Å². The van der Waals surface area contributed by atoms with Crippen molar-refractivity contribution in [3.63, 3.8) is 0 Å². The highest BCUT2D eigenvalue weighted by Gasteiger charge is 2.30. The van der Waals surface area contributed by atoms with Crippen molar-refractivity contribution >= 4 is 17.9 Å². The molecular weight excluding hydrogens is 474 g/mol. The third-order valence-electron chi connectivity index (χ3n) is 6.07. The SMILES string of the molecule is COc1cccc(CN2CCC(N(C)C(=O)CON(C(=O)OC(C)(C)C)c3nc(C)cc(C)n3)CC2)c1. The molecule has 202 valence electrons. The van der Waals surface area contributed by atoms with Gasteiger partial charge in [0.15, 0.2) is 6.61 Å². The van der Waals surface area contributed by atoms with Crippen LogP contribution in [0.5, 0.6) is 5.75 Å². The van der Waals surface area contributed by atoms with Gasteiger partial charge in [0, 0.05) is 44.1 Å². The summed E-state index contributed by atoms with van der Waals surface area (Å²) in [5, 5.41) is 0.869. The van der Waals surface area contributed by atoms with Gasteiger partial charge in [-0.3, -0.25) is 14.5 Å². The Kier molecular flexibility index (Phi) is 9.45. The van der Waals surface area contributed by atoms with E-state index in [1.807, 2.05) is 12.1 Å². The number of anilines is 1. The lowest BCUT2D eigenvalue weighted by atomic mass is 10.0. The number of benzene rings is 1. The first kappa shape index (κ1) is 28.3. The largest absolute Gasteiger partial charge is 0.497 e. The van der Waals surface area contributed by atoms with Crippen LogP contribution < -0.4 is 9.80 Å². The molecule has 0 radical (unpaired) electrons. The molecule has 0 unspecified atom stereocenters. The first-order valence-corrected chi connectivity index (χ1v) is 12.5. The smallest absolute Gasteiger partial charge is 0.442 e. The molecule has 37 heavy (non-hydrogen) atoms. The van der Waals surface area contributed by atoms with E-state index in [9.17, 15) is 9.59 Å². The zero-order chi connectivity index (χ0) is 27.2. The average Bonchev–Trinajstić information content (AvgIpc) is 2.82. The van der Waals surface area contributed by atoms with Crippen LogP contribution in [0.4, 0.5) is 10.7 Å². The topological polar surface area (TPSA) is 97.3 Å². The van der Waals surface area contributed by atoms with E-state index in [1.165, 1.54) is 5.56 Å². The highest BCUT2D eigenvalue weighted by atomic mass is 16.7. The molecule has 0 aliphatic carbocycles. The van der Waals surface area contributed by atoms with Gasteiger partial charge in [-0.2, -0.15) is 0 Å². The summed E-state index contributed by atoms with van der Waals surface area (Å²) in [5.74, 6) is 0.654. The van der Waals surface area contributed by atoms with Crippen molar-refractivity contribution in [2.45, 2.75) is 65.6 Å². The first-order chi connectivity index (χ1) is 17.4. The van der Waals surface area contributed by atoms with Crippen LogP contribution in [0.2, 0.25) is 0 Å². The average molecular weight is 514 g/mol. The summed E-state index contributed by atoms with van der Waals surface area (Å²) in [4.78, 5) is 44.2. The minimum absolute atomic E-state index is 0.0352. The molecule has 1 aliphatic heterocycles. The maximum atomic E-state index is 13.0. The third kappa shape index (κ3) is 8.40. The summed E-state index contributed by atoms with van der Waals surface area (Å²) in [6.07, 6.45) is 0.920. The van der Waals surface area contributed by atoms with E-state index in [-0.39, 0.29) is 24.5 Å². The normalized spacial score (nSPS) is 14.8. The van der Waals surface area contributed by atoms with E-state index in [4.69, 9.17) is 14.3 Å². The van der Waals surface area contributed by atoms with Gasteiger partial charge in [0.1, 0.15) is 11.4 Å². The number of hydroxylamine groups is 1. The number of nitrogens with zero attached hydrogens (tertiary/aromatic N) is 5. The van der Waals surface area contributed by atoms with Crippen molar-refractivity contribution in [1.29, 1.82) is 0 Å². The Morgan fingerprint density at radius 2 is 1.73 bits per heavy atom. The molecule has 1 aromatic carbocycles. The molecule has 0 N–H and O–H groups in total. The molecule has 0 spiro atoms. The number of piperidine rings is 1. The minimum Gasteiger partial charge on any atom is -0.497 e. The Morgan fingerprint density at radius 3 is 2.32 bits per heavy atom. The van der Waals surface area contributed by atoms with Gasteiger partial charge < -0.3 is 14.4 Å². The van der Waals surface area contributed by atoms with Gasteiger partial charge in [0.25, 0.3) is 11.9 Å². The van der Waals surface area contributed by atoms with Gasteiger partial charge in [0.05, 0.1) is 7.11 Å². The number of rotatable bonds is 8. The fraction of sp³-hybridized carbons (Fsp3) is 0.556. The maximum Gasteiger partial charge on any atom is 0.442 e. The van der Waals surface area contributed by atoms with E-state index in [0.29, 0.717) is 11.4 Å². The second-order valence-corrected chi connectivity index (χ2v) is 10.4. The van der Waals surface area contributed by atoms with Crippen molar-refractivity contribution in [1.82, 2.24) is 19.8 Å². The van der Waals surface area contributed by atoms with Gasteiger partial charge >= 0.3 is 6.09 Å². The fourth-order valence-electron chi connectivity index (χ4n) is 4.21. The number of likely N-dealkylation sites (N-methyl/N-ethyl adjacent to an activating group) is 1. The van der Waals surface area contributed by atoms with Gasteiger partial charge in [-0.1, -0.05) is 12.1 Å². The number of likely N-dealkylation sites (tertiary alicyclic amines) is 1. The van der Waals surface area contributed by atoms with Crippen LogP contribution in [0.1, 0.15) is 50.6 Å². The quantitative estimate of drug-likeness (QED) is 0.491. The molecule has 2 amide bonds. The van der Waals surface area contributed by atoms with Crippen LogP contribution in [0, 0.1) is 13.8 Å². The Hall–Kier alpha value is -3.24. The highest BCUT2D eigenvalue weighted by molar-refractivity contribution is 5.84. The number of ether oxygens (including phenoxy) is 2. The van der Waals surface area contributed by atoms with Gasteiger partial charge in [-0.25, -0.2) is 14.8 Å². The number of aryl methyl sites for hydroxylation is 2. The third-order valence-corrected chi connectivity index (χ3v) is 6.07. The van der Waals surface area contributed by atoms with E-state index >= 15 is 0 Å². The molecule has 2 aromatic rings. The first-order valence-electron chi connectivity index (χ1n) is 12.5. The molecule has 2 heterocycles. The van der Waals surface area contributed by atoms with E-state index in [2.05, 4.69) is 27.0 Å². The number of hydrogen-bond donors (Lipinski definition) is 0. The minimum atomic E-state index is -0.779. The standard InChI is InChI=1S/C27H39N5O5/c1-19-15-20(2)29-25(28-19)32(26(34)37-27(3,4)5)36-18-24(33)30(6)22-11-13-31(14-12-22)17-21-9-8-10-23(16-21)35-7/h8-10,15-16,22H,11-14,17-18H2,1-7H3. The molecule has 3 rings (SSSR count). The number of amides is 2. The lowest BCUT2D eigenvalue weighted by Crippen LogP contribution is -2.47. The number of hydrogen-bond acceptors (Lipinski definition) is 8. The monoisotopic (exact) mass is 513 g/mol. The van der Waals surface area contributed by atoms with Gasteiger partial charge in [-0.15, -0.1) is 5.06 Å². The fourth-order valence-corrected chi connectivity index (χ4v) is 4.21. The van der Waals surface area contributed by atoms with Crippen molar-refractivity contribution in [3.8, 4) is 5.75 Å². The molecule has 10 heteroatoms. The van der Waals surface area contributed by atoms with Crippen LogP contribution in [-0.2, 0) is 20.9 Å². The molecule has 1 saturated heterocycles. The van der Waals surface area contributed by atoms with Crippen LogP contribution in [0.15, 0.2) is 30.3 Å². The van der Waals surface area contributed by atoms with Gasteiger partial charge in [0.2, 0.25) is 0 Å². The number of methoxy groups -OCH3 is 1. The van der Waals surface area contributed by atoms with Crippen LogP contribution in [-0.4, -0.2) is 77.3 Å².